The summed E-state index contributed by atoms with van der Waals surface area (Å²) >= 11 is 3.15. The molecule has 1 heterocycles. The van der Waals surface area contributed by atoms with Crippen LogP contribution in [0.2, 0.25) is 0 Å². The third kappa shape index (κ3) is 3.53. The fraction of sp³-hybridized carbons (Fsp3) is 0.429. The predicted molar refractivity (Wildman–Crippen MR) is 79.7 cm³/mol. The van der Waals surface area contributed by atoms with Gasteiger partial charge in [0.05, 0.1) is 11.1 Å². The van der Waals surface area contributed by atoms with Gasteiger partial charge in [0, 0.05) is 17.6 Å². The van der Waals surface area contributed by atoms with E-state index in [4.69, 9.17) is 5.11 Å². The number of nitrogens with zero attached hydrogens (tertiary/aromatic N) is 1. The van der Waals surface area contributed by atoms with E-state index in [1.54, 1.807) is 13.0 Å². The van der Waals surface area contributed by atoms with E-state index in [0.717, 1.165) is 0 Å². The van der Waals surface area contributed by atoms with Gasteiger partial charge in [-0.1, -0.05) is 15.9 Å². The molecule has 0 unspecified atom stereocenters. The first-order valence-corrected chi connectivity index (χ1v) is 7.35. The van der Waals surface area contributed by atoms with Crippen molar-refractivity contribution in [2.75, 3.05) is 18.4 Å². The zero-order valence-electron chi connectivity index (χ0n) is 11.5. The Morgan fingerprint density at radius 2 is 2.00 bits per heavy atom. The van der Waals surface area contributed by atoms with E-state index in [-0.39, 0.29) is 5.69 Å². The van der Waals surface area contributed by atoms with Gasteiger partial charge >= 0.3 is 12.0 Å². The number of carbonyl (C=O) groups excluding carboxylic acids is 1. The summed E-state index contributed by atoms with van der Waals surface area (Å²) in [5, 5.41) is 11.7. The SMILES string of the molecule is CC1(C(=O)O)CCN(C(=O)Nc2ccc(Br)cc2F)CC1. The first-order chi connectivity index (χ1) is 9.82. The summed E-state index contributed by atoms with van der Waals surface area (Å²) in [5.41, 5.74) is -0.686. The molecule has 1 aliphatic rings. The molecule has 2 N–H and O–H groups in total. The molecule has 2 amide bonds. The number of hydrogen-bond donors (Lipinski definition) is 2. The highest BCUT2D eigenvalue weighted by Gasteiger charge is 2.38. The number of carboxylic acids is 1. The molecule has 5 nitrogen and oxygen atoms in total. The van der Waals surface area contributed by atoms with Gasteiger partial charge in [-0.3, -0.25) is 4.79 Å². The van der Waals surface area contributed by atoms with E-state index < -0.39 is 23.2 Å². The predicted octanol–water partition coefficient (Wildman–Crippen LogP) is 3.31. The number of benzene rings is 1. The lowest BCUT2D eigenvalue weighted by molar-refractivity contribution is -0.150. The number of carbonyl (C=O) groups is 2. The van der Waals surface area contributed by atoms with Gasteiger partial charge in [0.25, 0.3) is 0 Å². The molecular weight excluding hydrogens is 343 g/mol. The van der Waals surface area contributed by atoms with Crippen molar-refractivity contribution >= 4 is 33.6 Å². The van der Waals surface area contributed by atoms with Crippen molar-refractivity contribution < 1.29 is 19.1 Å². The summed E-state index contributed by atoms with van der Waals surface area (Å²) in [5.74, 6) is -1.37. The number of rotatable bonds is 2. The van der Waals surface area contributed by atoms with Crippen molar-refractivity contribution in [2.45, 2.75) is 19.8 Å². The number of anilines is 1. The molecule has 1 aromatic carbocycles. The van der Waals surface area contributed by atoms with E-state index in [9.17, 15) is 14.0 Å². The molecule has 2 rings (SSSR count). The van der Waals surface area contributed by atoms with Crippen molar-refractivity contribution in [1.82, 2.24) is 4.90 Å². The highest BCUT2D eigenvalue weighted by Crippen LogP contribution is 2.31. The number of aliphatic carboxylic acids is 1. The van der Waals surface area contributed by atoms with Gasteiger partial charge in [0.2, 0.25) is 0 Å². The van der Waals surface area contributed by atoms with E-state index in [0.29, 0.717) is 30.4 Å². The average Bonchev–Trinajstić information content (AvgIpc) is 2.42. The molecule has 1 aliphatic heterocycles. The quantitative estimate of drug-likeness (QED) is 0.851. The van der Waals surface area contributed by atoms with Crippen molar-refractivity contribution in [2.24, 2.45) is 5.41 Å². The molecule has 7 heteroatoms. The number of urea groups is 1. The Labute approximate surface area is 130 Å². The summed E-state index contributed by atoms with van der Waals surface area (Å²) in [7, 11) is 0. The highest BCUT2D eigenvalue weighted by molar-refractivity contribution is 9.10. The Kier molecular flexibility index (Phi) is 4.51. The molecule has 0 aliphatic carbocycles. The van der Waals surface area contributed by atoms with Crippen LogP contribution in [0.15, 0.2) is 22.7 Å². The van der Waals surface area contributed by atoms with Gasteiger partial charge in [-0.15, -0.1) is 0 Å². The molecule has 0 atom stereocenters. The largest absolute Gasteiger partial charge is 0.481 e. The Bertz CT molecular complexity index is 571. The smallest absolute Gasteiger partial charge is 0.321 e. The molecule has 1 fully saturated rings. The second kappa shape index (κ2) is 6.01. The maximum atomic E-state index is 13.7. The molecule has 1 aromatic rings. The molecule has 21 heavy (non-hydrogen) atoms. The Hall–Kier alpha value is -1.63. The van der Waals surface area contributed by atoms with Crippen LogP contribution in [-0.4, -0.2) is 35.1 Å². The first-order valence-electron chi connectivity index (χ1n) is 6.56. The standard InChI is InChI=1S/C14H16BrFN2O3/c1-14(12(19)20)4-6-18(7-5-14)13(21)17-11-3-2-9(15)8-10(11)16/h2-3,8H,4-7H2,1H3,(H,17,21)(H,19,20). The van der Waals surface area contributed by atoms with Crippen LogP contribution in [0.1, 0.15) is 19.8 Å². The van der Waals surface area contributed by atoms with Crippen LogP contribution in [-0.2, 0) is 4.79 Å². The average molecular weight is 359 g/mol. The van der Waals surface area contributed by atoms with Crippen molar-refractivity contribution in [3.8, 4) is 0 Å². The fourth-order valence-electron chi connectivity index (χ4n) is 2.20. The number of carboxylic acid groups (broad SMARTS) is 1. The van der Waals surface area contributed by atoms with Crippen LogP contribution in [0.5, 0.6) is 0 Å². The molecule has 1 saturated heterocycles. The number of nitrogens with one attached hydrogen (secondary N) is 1. The van der Waals surface area contributed by atoms with E-state index >= 15 is 0 Å². The van der Waals surface area contributed by atoms with E-state index in [1.165, 1.54) is 17.0 Å². The Balaban J connectivity index is 1.98. The summed E-state index contributed by atoms with van der Waals surface area (Å²) in [6.07, 6.45) is 0.775. The van der Waals surface area contributed by atoms with E-state index in [2.05, 4.69) is 21.2 Å². The molecule has 0 radical (unpaired) electrons. The monoisotopic (exact) mass is 358 g/mol. The van der Waals surface area contributed by atoms with Gasteiger partial charge in [0.15, 0.2) is 0 Å². The van der Waals surface area contributed by atoms with Crippen LogP contribution in [0, 0.1) is 11.2 Å². The normalized spacial score (nSPS) is 17.4. The number of halogens is 2. The molecule has 0 spiro atoms. The summed E-state index contributed by atoms with van der Waals surface area (Å²) in [6, 6.07) is 3.97. The Morgan fingerprint density at radius 3 is 2.52 bits per heavy atom. The maximum absolute atomic E-state index is 13.7. The number of piperidine rings is 1. The van der Waals surface area contributed by atoms with E-state index in [1.807, 2.05) is 0 Å². The molecular formula is C14H16BrFN2O3. The van der Waals surface area contributed by atoms with Crippen LogP contribution in [0.25, 0.3) is 0 Å². The van der Waals surface area contributed by atoms with Crippen LogP contribution in [0.4, 0.5) is 14.9 Å². The summed E-state index contributed by atoms with van der Waals surface area (Å²) in [4.78, 5) is 24.7. The minimum absolute atomic E-state index is 0.106. The summed E-state index contributed by atoms with van der Waals surface area (Å²) in [6.45, 7) is 2.36. The maximum Gasteiger partial charge on any atom is 0.321 e. The second-order valence-electron chi connectivity index (χ2n) is 5.41. The lowest BCUT2D eigenvalue weighted by atomic mass is 9.80. The third-order valence-corrected chi connectivity index (χ3v) is 4.34. The zero-order valence-corrected chi connectivity index (χ0v) is 13.1. The minimum Gasteiger partial charge on any atom is -0.481 e. The molecule has 0 saturated carbocycles. The minimum atomic E-state index is -0.846. The molecule has 0 bridgehead atoms. The topological polar surface area (TPSA) is 69.6 Å². The van der Waals surface area contributed by atoms with Gasteiger partial charge in [-0.2, -0.15) is 0 Å². The number of likely N-dealkylation sites (tertiary alicyclic amines) is 1. The van der Waals surface area contributed by atoms with Crippen molar-refractivity contribution in [1.29, 1.82) is 0 Å². The second-order valence-corrected chi connectivity index (χ2v) is 6.32. The van der Waals surface area contributed by atoms with Gasteiger partial charge in [-0.05, 0) is 38.0 Å². The number of hydrogen-bond acceptors (Lipinski definition) is 2. The molecule has 0 aromatic heterocycles. The lowest BCUT2D eigenvalue weighted by Crippen LogP contribution is -2.46. The third-order valence-electron chi connectivity index (χ3n) is 3.84. The number of amides is 2. The molecule has 114 valence electrons. The van der Waals surface area contributed by atoms with Gasteiger partial charge < -0.3 is 15.3 Å². The highest BCUT2D eigenvalue weighted by atomic mass is 79.9. The van der Waals surface area contributed by atoms with Crippen LogP contribution in [0.3, 0.4) is 0 Å². The fourth-order valence-corrected chi connectivity index (χ4v) is 2.54. The van der Waals surface area contributed by atoms with Crippen LogP contribution < -0.4 is 5.32 Å². The first kappa shape index (κ1) is 15.8. The Morgan fingerprint density at radius 1 is 1.38 bits per heavy atom. The van der Waals surface area contributed by atoms with Crippen molar-refractivity contribution in [3.05, 3.63) is 28.5 Å². The zero-order chi connectivity index (χ0) is 15.6. The van der Waals surface area contributed by atoms with Crippen molar-refractivity contribution in [3.63, 3.8) is 0 Å². The van der Waals surface area contributed by atoms with Crippen LogP contribution >= 0.6 is 15.9 Å². The van der Waals surface area contributed by atoms with Gasteiger partial charge in [-0.25, -0.2) is 9.18 Å². The lowest BCUT2D eigenvalue weighted by Gasteiger charge is -2.36. The van der Waals surface area contributed by atoms with Gasteiger partial charge in [0.1, 0.15) is 5.82 Å². The summed E-state index contributed by atoms with van der Waals surface area (Å²) < 4.78 is 14.3.